The molecule has 0 atom stereocenters. The van der Waals surface area contributed by atoms with Crippen molar-refractivity contribution in [1.29, 1.82) is 5.41 Å². The normalized spacial score (nSPS) is 9.31. The lowest BCUT2D eigenvalue weighted by Gasteiger charge is -2.02. The fourth-order valence-corrected chi connectivity index (χ4v) is 1.26. The number of hydrogen-bond donors (Lipinski definition) is 1. The molecule has 0 heterocycles. The van der Waals surface area contributed by atoms with E-state index < -0.39 is 0 Å². The number of para-hydroxylation sites is 1. The van der Waals surface area contributed by atoms with Gasteiger partial charge in [-0.3, -0.25) is 0 Å². The van der Waals surface area contributed by atoms with Crippen molar-refractivity contribution < 1.29 is 0 Å². The van der Waals surface area contributed by atoms with E-state index >= 15 is 0 Å². The van der Waals surface area contributed by atoms with E-state index in [0.29, 0.717) is 0 Å². The van der Waals surface area contributed by atoms with Gasteiger partial charge in [0.15, 0.2) is 0 Å². The molecule has 0 bridgehead atoms. The van der Waals surface area contributed by atoms with Crippen molar-refractivity contribution in [3.63, 3.8) is 0 Å². The van der Waals surface area contributed by atoms with Crippen LogP contribution in [0.15, 0.2) is 29.3 Å². The van der Waals surface area contributed by atoms with Crippen LogP contribution in [-0.4, -0.2) is 6.01 Å². The number of aryl methyl sites for hydroxylation is 1. The van der Waals surface area contributed by atoms with Crippen molar-refractivity contribution in [2.45, 2.75) is 26.2 Å². The van der Waals surface area contributed by atoms with Crippen LogP contribution in [0.2, 0.25) is 0 Å². The second-order valence-electron chi connectivity index (χ2n) is 2.96. The van der Waals surface area contributed by atoms with E-state index in [0.717, 1.165) is 12.1 Å². The predicted molar refractivity (Wildman–Crippen MR) is 54.9 cm³/mol. The van der Waals surface area contributed by atoms with Gasteiger partial charge in [-0.2, -0.15) is 4.99 Å². The molecule has 1 rings (SSSR count). The topological polar surface area (TPSA) is 36.2 Å². The molecular formula is C11H14N2. The number of hydrogen-bond acceptors (Lipinski definition) is 2. The number of nitrogens with one attached hydrogen (secondary N) is 1. The minimum Gasteiger partial charge on any atom is -0.241 e. The zero-order chi connectivity index (χ0) is 9.52. The van der Waals surface area contributed by atoms with Crippen LogP contribution >= 0.6 is 0 Å². The number of nitrogens with zero attached hydrogens (tertiary/aromatic N) is 1. The molecular weight excluding hydrogens is 160 g/mol. The molecule has 1 aromatic rings. The van der Waals surface area contributed by atoms with Gasteiger partial charge in [0.05, 0.1) is 11.7 Å². The Labute approximate surface area is 78.8 Å². The summed E-state index contributed by atoms with van der Waals surface area (Å²) in [7, 11) is 0. The van der Waals surface area contributed by atoms with Crippen molar-refractivity contribution in [3.05, 3.63) is 29.8 Å². The highest BCUT2D eigenvalue weighted by atomic mass is 14.7. The molecule has 13 heavy (non-hydrogen) atoms. The first kappa shape index (κ1) is 9.69. The van der Waals surface area contributed by atoms with Gasteiger partial charge in [-0.15, -0.1) is 0 Å². The third-order valence-electron chi connectivity index (χ3n) is 1.97. The molecule has 1 aromatic carbocycles. The maximum absolute atomic E-state index is 6.80. The Bertz CT molecular complexity index is 312. The van der Waals surface area contributed by atoms with Gasteiger partial charge < -0.3 is 0 Å². The lowest BCUT2D eigenvalue weighted by Crippen LogP contribution is -1.84. The van der Waals surface area contributed by atoms with Gasteiger partial charge in [-0.25, -0.2) is 5.41 Å². The molecule has 0 amide bonds. The first-order valence-electron chi connectivity index (χ1n) is 4.59. The lowest BCUT2D eigenvalue weighted by molar-refractivity contribution is 0.795. The van der Waals surface area contributed by atoms with Gasteiger partial charge in [-0.05, 0) is 24.5 Å². The van der Waals surface area contributed by atoms with Crippen molar-refractivity contribution in [2.75, 3.05) is 0 Å². The van der Waals surface area contributed by atoms with Crippen LogP contribution in [0.3, 0.4) is 0 Å². The monoisotopic (exact) mass is 174 g/mol. The molecule has 2 nitrogen and oxygen atoms in total. The van der Waals surface area contributed by atoms with Gasteiger partial charge in [0.25, 0.3) is 0 Å². The van der Waals surface area contributed by atoms with Gasteiger partial charge in [0.1, 0.15) is 0 Å². The lowest BCUT2D eigenvalue weighted by atomic mass is 10.1. The highest BCUT2D eigenvalue weighted by Crippen LogP contribution is 2.19. The first-order chi connectivity index (χ1) is 6.38. The molecule has 0 aromatic heterocycles. The Morgan fingerprint density at radius 2 is 2.15 bits per heavy atom. The zero-order valence-corrected chi connectivity index (χ0v) is 7.88. The van der Waals surface area contributed by atoms with Gasteiger partial charge in [-0.1, -0.05) is 31.5 Å². The minimum atomic E-state index is 0.881. The van der Waals surface area contributed by atoms with Crippen LogP contribution in [0.5, 0.6) is 0 Å². The van der Waals surface area contributed by atoms with Crippen LogP contribution in [0, 0.1) is 5.41 Å². The average molecular weight is 174 g/mol. The Hall–Kier alpha value is -1.40. The summed E-state index contributed by atoms with van der Waals surface area (Å²) < 4.78 is 0. The minimum absolute atomic E-state index is 0.881. The number of unbranched alkanes of at least 4 members (excludes halogenated alkanes) is 1. The molecule has 1 N–H and O–H groups in total. The molecule has 2 heteroatoms. The number of benzene rings is 1. The molecule has 0 aliphatic heterocycles. The van der Waals surface area contributed by atoms with E-state index in [9.17, 15) is 0 Å². The number of rotatable bonds is 4. The standard InChI is InChI=1S/C11H14N2/c1-2-3-6-10-7-4-5-8-11(10)13-9-12/h4-5,7-8,12H,2-3,6H2,1H3. The fourth-order valence-electron chi connectivity index (χ4n) is 1.26. The second-order valence-corrected chi connectivity index (χ2v) is 2.96. The van der Waals surface area contributed by atoms with Crippen molar-refractivity contribution in [3.8, 4) is 0 Å². The van der Waals surface area contributed by atoms with Crippen molar-refractivity contribution in [2.24, 2.45) is 4.99 Å². The summed E-state index contributed by atoms with van der Waals surface area (Å²) in [5, 5.41) is 6.80. The van der Waals surface area contributed by atoms with Crippen LogP contribution in [-0.2, 0) is 6.42 Å². The first-order valence-corrected chi connectivity index (χ1v) is 4.59. The summed E-state index contributed by atoms with van der Waals surface area (Å²) >= 11 is 0. The van der Waals surface area contributed by atoms with E-state index in [-0.39, 0.29) is 0 Å². The van der Waals surface area contributed by atoms with Gasteiger partial charge in [0, 0.05) is 0 Å². The molecule has 0 saturated carbocycles. The van der Waals surface area contributed by atoms with Crippen molar-refractivity contribution in [1.82, 2.24) is 0 Å². The van der Waals surface area contributed by atoms with Crippen LogP contribution < -0.4 is 0 Å². The molecule has 0 fully saturated rings. The third-order valence-corrected chi connectivity index (χ3v) is 1.97. The summed E-state index contributed by atoms with van der Waals surface area (Å²) in [4.78, 5) is 3.88. The van der Waals surface area contributed by atoms with Crippen LogP contribution in [0.1, 0.15) is 25.3 Å². The molecule has 0 aliphatic carbocycles. The quantitative estimate of drug-likeness (QED) is 0.679. The van der Waals surface area contributed by atoms with Gasteiger partial charge >= 0.3 is 0 Å². The zero-order valence-electron chi connectivity index (χ0n) is 7.88. The van der Waals surface area contributed by atoms with Crippen LogP contribution in [0.25, 0.3) is 0 Å². The van der Waals surface area contributed by atoms with E-state index in [1.165, 1.54) is 18.4 Å². The highest BCUT2D eigenvalue weighted by molar-refractivity contribution is 5.54. The molecule has 0 radical (unpaired) electrons. The van der Waals surface area contributed by atoms with E-state index in [2.05, 4.69) is 24.0 Å². The summed E-state index contributed by atoms with van der Waals surface area (Å²) in [6, 6.07) is 10.0. The third kappa shape index (κ3) is 2.85. The van der Waals surface area contributed by atoms with E-state index in [1.54, 1.807) is 0 Å². The summed E-state index contributed by atoms with van der Waals surface area (Å²) in [6.07, 6.45) is 3.39. The second kappa shape index (κ2) is 5.28. The Morgan fingerprint density at radius 3 is 2.85 bits per heavy atom. The predicted octanol–water partition coefficient (Wildman–Crippen LogP) is 3.41. The maximum atomic E-state index is 6.80. The fraction of sp³-hybridized carbons (Fsp3) is 0.364. The molecule has 0 saturated heterocycles. The SMILES string of the molecule is CCCCc1ccccc1N=C=N. The van der Waals surface area contributed by atoms with Crippen LogP contribution in [0.4, 0.5) is 5.69 Å². The maximum Gasteiger partial charge on any atom is 0.0918 e. The molecule has 0 aliphatic rings. The average Bonchev–Trinajstić information content (AvgIpc) is 2.17. The number of aliphatic imine (C=N–C) groups is 1. The Morgan fingerprint density at radius 1 is 1.38 bits per heavy atom. The molecule has 68 valence electrons. The van der Waals surface area contributed by atoms with E-state index in [1.807, 2.05) is 18.2 Å². The van der Waals surface area contributed by atoms with Crippen molar-refractivity contribution >= 4 is 11.7 Å². The Balaban J connectivity index is 2.84. The summed E-state index contributed by atoms with van der Waals surface area (Å²) in [5.74, 6) is 0. The summed E-state index contributed by atoms with van der Waals surface area (Å²) in [5.41, 5.74) is 2.09. The summed E-state index contributed by atoms with van der Waals surface area (Å²) in [6.45, 7) is 2.17. The van der Waals surface area contributed by atoms with E-state index in [4.69, 9.17) is 5.41 Å². The van der Waals surface area contributed by atoms with Gasteiger partial charge in [0.2, 0.25) is 0 Å². The highest BCUT2D eigenvalue weighted by Gasteiger charge is 1.98. The molecule has 0 unspecified atom stereocenters. The largest absolute Gasteiger partial charge is 0.241 e. The smallest absolute Gasteiger partial charge is 0.0918 e. The Kier molecular flexibility index (Phi) is 3.94. The molecule has 0 spiro atoms.